The van der Waals surface area contributed by atoms with Gasteiger partial charge in [0, 0.05) is 53.2 Å². The Labute approximate surface area is 319 Å². The average molecular weight is 847 g/mol. The maximum absolute atomic E-state index is 12.3. The Morgan fingerprint density at radius 3 is 1.96 bits per heavy atom. The van der Waals surface area contributed by atoms with Gasteiger partial charge in [-0.2, -0.15) is 21.4 Å². The van der Waals surface area contributed by atoms with Gasteiger partial charge >= 0.3 is 22.5 Å². The highest BCUT2D eigenvalue weighted by Crippen LogP contribution is 2.50. The molecule has 2 aromatic carbocycles. The second-order valence-electron chi connectivity index (χ2n) is 13.3. The third-order valence-electron chi connectivity index (χ3n) is 8.88. The molecule has 0 amide bonds. The lowest BCUT2D eigenvalue weighted by atomic mass is 9.79. The molecule has 2 aliphatic heterocycles. The first-order chi connectivity index (χ1) is 25.1. The van der Waals surface area contributed by atoms with Crippen LogP contribution in [0.15, 0.2) is 71.3 Å². The number of carboxylic acid groups (broad SMARTS) is 2. The summed E-state index contributed by atoms with van der Waals surface area (Å²) in [5, 5.41) is 19.9. The third-order valence-corrected chi connectivity index (χ3v) is 11.3. The fourth-order valence-electron chi connectivity index (χ4n) is 6.82. The van der Waals surface area contributed by atoms with Gasteiger partial charge in [0.1, 0.15) is 6.54 Å². The van der Waals surface area contributed by atoms with Gasteiger partial charge in [0.15, 0.2) is 5.71 Å². The number of carboxylic acids is 2. The lowest BCUT2D eigenvalue weighted by molar-refractivity contribution is -0.437. The molecule has 4 rings (SSSR count). The molecule has 0 aromatic heterocycles. The fourth-order valence-corrected chi connectivity index (χ4v) is 8.32. The van der Waals surface area contributed by atoms with Gasteiger partial charge in [0.05, 0.1) is 42.9 Å². The molecule has 22 heteroatoms. The molecular weight excluding hydrogens is 809 g/mol. The van der Waals surface area contributed by atoms with E-state index < -0.39 is 80.1 Å². The van der Waals surface area contributed by atoms with Gasteiger partial charge in [-0.05, 0) is 44.5 Å². The van der Waals surface area contributed by atoms with Crippen molar-refractivity contribution >= 4 is 70.0 Å². The Morgan fingerprint density at radius 1 is 0.836 bits per heavy atom. The van der Waals surface area contributed by atoms with Gasteiger partial charge in [-0.15, -0.1) is 12.6 Å². The molecule has 0 unspecified atom stereocenters. The predicted octanol–water partition coefficient (Wildman–Crippen LogP) is 2.71. The highest BCUT2D eigenvalue weighted by atomic mass is 32.2. The molecule has 0 saturated heterocycles. The van der Waals surface area contributed by atoms with Gasteiger partial charge in [-0.25, -0.2) is 18.0 Å². The summed E-state index contributed by atoms with van der Waals surface area (Å²) in [7, 11) is -16.8. The number of anilines is 1. The Balaban J connectivity index is 0.00000193. The number of hydrogen-bond acceptors (Lipinski definition) is 13. The van der Waals surface area contributed by atoms with Crippen molar-refractivity contribution in [3.63, 3.8) is 0 Å². The molecule has 0 fully saturated rings. The number of aromatic carboxylic acids is 2. The summed E-state index contributed by atoms with van der Waals surface area (Å²) < 4.78 is 127. The minimum absolute atomic E-state index is 0.0153. The minimum Gasteiger partial charge on any atom is -0.748 e. The van der Waals surface area contributed by atoms with E-state index in [-0.39, 0.29) is 48.3 Å². The summed E-state index contributed by atoms with van der Waals surface area (Å²) in [4.78, 5) is 25.3. The van der Waals surface area contributed by atoms with E-state index >= 15 is 0 Å². The number of fused-ring (bicyclic) bond motifs is 2. The largest absolute Gasteiger partial charge is 0.748 e. The first kappa shape index (κ1) is 44.8. The monoisotopic (exact) mass is 846 g/mol. The Bertz CT molecular complexity index is 2480. The van der Waals surface area contributed by atoms with E-state index in [9.17, 15) is 58.7 Å². The van der Waals surface area contributed by atoms with Gasteiger partial charge < -0.3 is 19.7 Å². The summed E-state index contributed by atoms with van der Waals surface area (Å²) in [6.45, 7) is 7.05. The molecule has 0 aliphatic carbocycles. The van der Waals surface area contributed by atoms with Gasteiger partial charge in [0.25, 0.3) is 20.2 Å². The van der Waals surface area contributed by atoms with E-state index in [2.05, 4.69) is 0 Å². The molecule has 55 heavy (non-hydrogen) atoms. The summed E-state index contributed by atoms with van der Waals surface area (Å²) >= 11 is 0. The van der Waals surface area contributed by atoms with Crippen LogP contribution in [-0.4, -0.2) is 109 Å². The van der Waals surface area contributed by atoms with E-state index in [4.69, 9.17) is 12.6 Å². The van der Waals surface area contributed by atoms with Crippen LogP contribution in [-0.2, 0) is 51.8 Å². The smallest absolute Gasteiger partial charge is 0.425 e. The summed E-state index contributed by atoms with van der Waals surface area (Å²) in [6.07, 6.45) is 8.07. The van der Waals surface area contributed by atoms with Gasteiger partial charge in [-0.3, -0.25) is 9.11 Å². The summed E-state index contributed by atoms with van der Waals surface area (Å²) in [5.74, 6) is -3.85. The third kappa shape index (κ3) is 10.8. The molecule has 18 nitrogen and oxygen atoms in total. The van der Waals surface area contributed by atoms with Crippen LogP contribution in [0.4, 0.5) is 11.4 Å². The molecule has 0 spiro atoms. The summed E-state index contributed by atoms with van der Waals surface area (Å²) in [5.41, 5.74) is 0.204. The standard InChI is InChI=1S/C33H38N2O13S3.O3S/c1-32(2)26(34(15-9-17-49(40,41)42)24-12-8-11-22(28(24)32)30(36)37)13-6-5-7-14-27-33(3,4)29-23(31(38)39)19-21(51(46,47)48)20-25(29)35(27)16-10-18-50(43,44)45;1-4(2)3/h5-8,11-14,19-20H,9-10,15-18H2,1-4H3,(H4-,36,37,38,39,40,41,42,43,44,45,46,47,48);. The van der Waals surface area contributed by atoms with Crippen LogP contribution in [0.2, 0.25) is 0 Å². The van der Waals surface area contributed by atoms with Crippen molar-refractivity contribution in [2.24, 2.45) is 0 Å². The van der Waals surface area contributed by atoms with Crippen molar-refractivity contribution in [2.75, 3.05) is 29.5 Å². The van der Waals surface area contributed by atoms with Crippen LogP contribution in [0.25, 0.3) is 0 Å². The van der Waals surface area contributed by atoms with Crippen molar-refractivity contribution in [1.29, 1.82) is 0 Å². The number of carbonyl (C=O) groups is 2. The van der Waals surface area contributed by atoms with Crippen LogP contribution in [0.1, 0.15) is 72.4 Å². The van der Waals surface area contributed by atoms with Crippen LogP contribution < -0.4 is 4.90 Å². The number of allylic oxidation sites excluding steroid dienone is 6. The van der Waals surface area contributed by atoms with Crippen molar-refractivity contribution in [2.45, 2.75) is 56.3 Å². The Morgan fingerprint density at radius 2 is 1.44 bits per heavy atom. The lowest BCUT2D eigenvalue weighted by Crippen LogP contribution is -2.29. The number of rotatable bonds is 14. The van der Waals surface area contributed by atoms with Crippen LogP contribution in [0.5, 0.6) is 0 Å². The maximum Gasteiger partial charge on any atom is 0.425 e. The highest BCUT2D eigenvalue weighted by Gasteiger charge is 2.47. The zero-order chi connectivity index (χ0) is 41.9. The van der Waals surface area contributed by atoms with E-state index in [0.717, 1.165) is 12.1 Å². The van der Waals surface area contributed by atoms with Crippen LogP contribution in [0, 0.1) is 0 Å². The van der Waals surface area contributed by atoms with Gasteiger partial charge in [-0.1, -0.05) is 38.1 Å². The zero-order valence-corrected chi connectivity index (χ0v) is 33.0. The van der Waals surface area contributed by atoms with Gasteiger partial charge in [0.2, 0.25) is 5.69 Å². The highest BCUT2D eigenvalue weighted by molar-refractivity contribution is 7.86. The van der Waals surface area contributed by atoms with Crippen molar-refractivity contribution < 1.29 is 75.9 Å². The quantitative estimate of drug-likeness (QED) is 0.121. The molecule has 0 atom stereocenters. The first-order valence-corrected chi connectivity index (χ1v) is 21.6. The van der Waals surface area contributed by atoms with Crippen molar-refractivity contribution in [3.05, 3.63) is 88.7 Å². The molecule has 2 aliphatic rings. The molecule has 300 valence electrons. The first-order valence-electron chi connectivity index (χ1n) is 16.0. The van der Waals surface area contributed by atoms with E-state index in [1.807, 2.05) is 13.8 Å². The van der Waals surface area contributed by atoms with E-state index in [1.165, 1.54) is 11.0 Å². The molecule has 2 aromatic rings. The van der Waals surface area contributed by atoms with Crippen molar-refractivity contribution in [3.8, 4) is 0 Å². The molecule has 4 N–H and O–H groups in total. The summed E-state index contributed by atoms with van der Waals surface area (Å²) in [6, 6.07) is 6.71. The Hall–Kier alpha value is -4.58. The van der Waals surface area contributed by atoms with Crippen LogP contribution in [0.3, 0.4) is 0 Å². The lowest BCUT2D eigenvalue weighted by Gasteiger charge is -2.27. The number of benzene rings is 2. The zero-order valence-electron chi connectivity index (χ0n) is 29.7. The molecule has 0 saturated carbocycles. The molecule has 0 bridgehead atoms. The molecule has 2 heterocycles. The topological polar surface area (TPSA) is 298 Å². The number of nitrogens with zero attached hydrogens (tertiary/aromatic N) is 2. The number of hydrogen-bond donors (Lipinski definition) is 4. The van der Waals surface area contributed by atoms with E-state index in [0.29, 0.717) is 22.7 Å². The van der Waals surface area contributed by atoms with Crippen LogP contribution >= 0.6 is 0 Å². The van der Waals surface area contributed by atoms with Crippen molar-refractivity contribution in [1.82, 2.24) is 0 Å². The normalized spacial score (nSPS) is 17.0. The maximum atomic E-state index is 12.3. The minimum atomic E-state index is -4.84. The average Bonchev–Trinajstić information content (AvgIpc) is 3.37. The molecular formula is C33H38N2O16S4. The molecule has 0 radical (unpaired) electrons. The SMILES string of the molecule is CC1(C)C(/C=C/C=C/C=C2/N(CCCS(=O)(=O)O)c3cc(S(=O)(=O)O)cc(C(=O)O)c3C2(C)C)=[N+](CCCS(=O)(=O)[O-])c2cccc(C(=O)O)c21.O=S(=O)=O. The second-order valence-corrected chi connectivity index (χ2v) is 18.3. The Kier molecular flexibility index (Phi) is 13.6. The predicted molar refractivity (Wildman–Crippen MR) is 196 cm³/mol. The second kappa shape index (κ2) is 16.6. The van der Waals surface area contributed by atoms with E-state index in [1.54, 1.807) is 60.9 Å². The fraction of sp³-hybridized carbons (Fsp3) is 0.364.